The van der Waals surface area contributed by atoms with Crippen LogP contribution in [0.15, 0.2) is 47.4 Å². The van der Waals surface area contributed by atoms with Gasteiger partial charge in [0.2, 0.25) is 11.8 Å². The number of carbonyl (C=O) groups is 2. The van der Waals surface area contributed by atoms with Gasteiger partial charge in [-0.3, -0.25) is 14.6 Å². The van der Waals surface area contributed by atoms with E-state index in [2.05, 4.69) is 20.6 Å². The van der Waals surface area contributed by atoms with Crippen molar-refractivity contribution in [2.24, 2.45) is 0 Å². The van der Waals surface area contributed by atoms with Crippen molar-refractivity contribution in [1.29, 1.82) is 0 Å². The highest BCUT2D eigenvalue weighted by molar-refractivity contribution is 7.10. The molecule has 0 saturated carbocycles. The maximum atomic E-state index is 12.3. The van der Waals surface area contributed by atoms with Gasteiger partial charge in [0, 0.05) is 48.1 Å². The summed E-state index contributed by atoms with van der Waals surface area (Å²) in [7, 11) is 0. The Labute approximate surface area is 172 Å². The zero-order valence-electron chi connectivity index (χ0n) is 15.6. The van der Waals surface area contributed by atoms with Gasteiger partial charge in [0.25, 0.3) is 0 Å². The molecular formula is C20H22N4O2S2. The Bertz CT molecular complexity index is 894. The predicted octanol–water partition coefficient (Wildman–Crippen LogP) is 3.58. The summed E-state index contributed by atoms with van der Waals surface area (Å²) in [4.78, 5) is 33.3. The van der Waals surface area contributed by atoms with Crippen LogP contribution in [0.5, 0.6) is 0 Å². The van der Waals surface area contributed by atoms with Gasteiger partial charge in [-0.05, 0) is 30.0 Å². The summed E-state index contributed by atoms with van der Waals surface area (Å²) in [6.07, 6.45) is 5.39. The summed E-state index contributed by atoms with van der Waals surface area (Å²) in [5.74, 6) is -0.205. The van der Waals surface area contributed by atoms with Crippen molar-refractivity contribution in [3.05, 3.63) is 57.3 Å². The van der Waals surface area contributed by atoms with Gasteiger partial charge in [-0.1, -0.05) is 6.07 Å². The first-order valence-electron chi connectivity index (χ1n) is 9.04. The summed E-state index contributed by atoms with van der Waals surface area (Å²) in [5, 5.41) is 10.8. The van der Waals surface area contributed by atoms with Gasteiger partial charge in [0.05, 0.1) is 23.2 Å². The summed E-state index contributed by atoms with van der Waals surface area (Å²) in [6, 6.07) is 7.46. The normalized spacial score (nSPS) is 11.8. The number of rotatable bonds is 9. The largest absolute Gasteiger partial charge is 0.356 e. The molecule has 3 rings (SSSR count). The van der Waals surface area contributed by atoms with E-state index < -0.39 is 0 Å². The van der Waals surface area contributed by atoms with Crippen molar-refractivity contribution in [1.82, 2.24) is 20.6 Å². The predicted molar refractivity (Wildman–Crippen MR) is 112 cm³/mol. The van der Waals surface area contributed by atoms with Crippen molar-refractivity contribution in [3.63, 3.8) is 0 Å². The lowest BCUT2D eigenvalue weighted by molar-refractivity contribution is -0.122. The van der Waals surface area contributed by atoms with E-state index in [1.807, 2.05) is 35.0 Å². The van der Waals surface area contributed by atoms with Crippen molar-refractivity contribution in [2.45, 2.75) is 32.2 Å². The molecule has 0 aromatic carbocycles. The SMILES string of the molecule is CC(=O)NC(CC(=O)NCCCc1nc(-c2ccncc2)cs1)c1cccs1. The van der Waals surface area contributed by atoms with E-state index in [4.69, 9.17) is 0 Å². The first-order valence-corrected chi connectivity index (χ1v) is 10.8. The minimum Gasteiger partial charge on any atom is -0.356 e. The number of amides is 2. The van der Waals surface area contributed by atoms with Crippen molar-refractivity contribution in [2.75, 3.05) is 6.54 Å². The van der Waals surface area contributed by atoms with E-state index in [9.17, 15) is 9.59 Å². The molecule has 0 bridgehead atoms. The summed E-state index contributed by atoms with van der Waals surface area (Å²) in [6.45, 7) is 2.05. The van der Waals surface area contributed by atoms with Crippen molar-refractivity contribution >= 4 is 34.5 Å². The molecular weight excluding hydrogens is 392 g/mol. The molecule has 3 aromatic rings. The molecule has 0 saturated heterocycles. The smallest absolute Gasteiger partial charge is 0.222 e. The molecule has 0 aliphatic rings. The van der Waals surface area contributed by atoms with E-state index >= 15 is 0 Å². The van der Waals surface area contributed by atoms with Crippen LogP contribution < -0.4 is 10.6 Å². The lowest BCUT2D eigenvalue weighted by Crippen LogP contribution is -2.32. The Balaban J connectivity index is 1.43. The highest BCUT2D eigenvalue weighted by atomic mass is 32.1. The minimum atomic E-state index is -0.278. The van der Waals surface area contributed by atoms with Crippen LogP contribution in [0.4, 0.5) is 0 Å². The van der Waals surface area contributed by atoms with Crippen LogP contribution in [-0.4, -0.2) is 28.3 Å². The summed E-state index contributed by atoms with van der Waals surface area (Å²) >= 11 is 3.16. The Kier molecular flexibility index (Phi) is 7.27. The van der Waals surface area contributed by atoms with Crippen LogP contribution >= 0.6 is 22.7 Å². The maximum Gasteiger partial charge on any atom is 0.222 e. The molecule has 0 fully saturated rings. The Hall–Kier alpha value is -2.58. The van der Waals surface area contributed by atoms with Gasteiger partial charge in [-0.25, -0.2) is 4.98 Å². The molecule has 0 radical (unpaired) electrons. The molecule has 2 N–H and O–H groups in total. The monoisotopic (exact) mass is 414 g/mol. The second kappa shape index (κ2) is 10.1. The molecule has 2 amide bonds. The second-order valence-electron chi connectivity index (χ2n) is 6.29. The van der Waals surface area contributed by atoms with Gasteiger partial charge in [0.1, 0.15) is 0 Å². The third kappa shape index (κ3) is 5.97. The topological polar surface area (TPSA) is 84.0 Å². The van der Waals surface area contributed by atoms with E-state index in [1.54, 1.807) is 23.7 Å². The Morgan fingerprint density at radius 2 is 2.00 bits per heavy atom. The van der Waals surface area contributed by atoms with E-state index in [-0.39, 0.29) is 24.3 Å². The average Bonchev–Trinajstić information content (AvgIpc) is 3.37. The number of pyridine rings is 1. The fraction of sp³-hybridized carbons (Fsp3) is 0.300. The van der Waals surface area contributed by atoms with Crippen LogP contribution in [0.2, 0.25) is 0 Å². The average molecular weight is 415 g/mol. The number of nitrogens with zero attached hydrogens (tertiary/aromatic N) is 2. The lowest BCUT2D eigenvalue weighted by atomic mass is 10.1. The molecule has 146 valence electrons. The van der Waals surface area contributed by atoms with Crippen LogP contribution in [0.25, 0.3) is 11.3 Å². The number of carbonyl (C=O) groups excluding carboxylic acids is 2. The second-order valence-corrected chi connectivity index (χ2v) is 8.21. The van der Waals surface area contributed by atoms with Gasteiger partial charge in [0.15, 0.2) is 0 Å². The molecule has 1 atom stereocenters. The van der Waals surface area contributed by atoms with Gasteiger partial charge < -0.3 is 10.6 Å². The Morgan fingerprint density at radius 1 is 1.18 bits per heavy atom. The fourth-order valence-electron chi connectivity index (χ4n) is 2.76. The number of thiophene rings is 1. The molecule has 0 aliphatic heterocycles. The zero-order valence-corrected chi connectivity index (χ0v) is 17.2. The molecule has 0 spiro atoms. The first kappa shape index (κ1) is 20.2. The van der Waals surface area contributed by atoms with Crippen LogP contribution in [0.3, 0.4) is 0 Å². The number of aromatic nitrogens is 2. The van der Waals surface area contributed by atoms with Crippen LogP contribution in [0.1, 0.15) is 35.7 Å². The molecule has 1 unspecified atom stereocenters. The molecule has 3 heterocycles. The third-order valence-corrected chi connectivity index (χ3v) is 5.97. The first-order chi connectivity index (χ1) is 13.6. The Morgan fingerprint density at radius 3 is 2.71 bits per heavy atom. The van der Waals surface area contributed by atoms with Crippen molar-refractivity contribution < 1.29 is 9.59 Å². The standard InChI is InChI=1S/C20H22N4O2S2/c1-14(25)23-16(18-4-3-11-27-18)12-19(26)22-8-2-5-20-24-17(13-28-20)15-6-9-21-10-7-15/h3-4,6-7,9-11,13,16H,2,5,8,12H2,1H3,(H,22,26)(H,23,25). The highest BCUT2D eigenvalue weighted by Crippen LogP contribution is 2.23. The zero-order chi connectivity index (χ0) is 19.8. The molecule has 6 nitrogen and oxygen atoms in total. The van der Waals surface area contributed by atoms with Crippen LogP contribution in [-0.2, 0) is 16.0 Å². The van der Waals surface area contributed by atoms with Crippen molar-refractivity contribution in [3.8, 4) is 11.3 Å². The minimum absolute atomic E-state index is 0.0660. The summed E-state index contributed by atoms with van der Waals surface area (Å²) in [5.41, 5.74) is 2.02. The van der Waals surface area contributed by atoms with Gasteiger partial charge >= 0.3 is 0 Å². The van der Waals surface area contributed by atoms with Gasteiger partial charge in [-0.2, -0.15) is 0 Å². The number of nitrogens with one attached hydrogen (secondary N) is 2. The van der Waals surface area contributed by atoms with Crippen LogP contribution in [0, 0.1) is 0 Å². The number of aryl methyl sites for hydroxylation is 1. The molecule has 0 aliphatic carbocycles. The number of thiazole rings is 1. The summed E-state index contributed by atoms with van der Waals surface area (Å²) < 4.78 is 0. The number of hydrogen-bond donors (Lipinski definition) is 2. The fourth-order valence-corrected chi connectivity index (χ4v) is 4.39. The highest BCUT2D eigenvalue weighted by Gasteiger charge is 2.17. The quantitative estimate of drug-likeness (QED) is 0.524. The lowest BCUT2D eigenvalue weighted by Gasteiger charge is -2.16. The van der Waals surface area contributed by atoms with E-state index in [1.165, 1.54) is 18.3 Å². The number of hydrogen-bond acceptors (Lipinski definition) is 6. The molecule has 3 aromatic heterocycles. The van der Waals surface area contributed by atoms with E-state index in [0.717, 1.165) is 34.0 Å². The van der Waals surface area contributed by atoms with Gasteiger partial charge in [-0.15, -0.1) is 22.7 Å². The molecule has 28 heavy (non-hydrogen) atoms. The van der Waals surface area contributed by atoms with E-state index in [0.29, 0.717) is 6.54 Å². The molecule has 8 heteroatoms. The third-order valence-electron chi connectivity index (χ3n) is 4.07. The maximum absolute atomic E-state index is 12.3.